The molecule has 2 nitrogen and oxygen atoms in total. The van der Waals surface area contributed by atoms with E-state index in [0.717, 1.165) is 22.3 Å². The molecule has 4 heteroatoms. The zero-order valence-corrected chi connectivity index (χ0v) is 12.7. The minimum atomic E-state index is -0.218. The molecule has 0 aliphatic carbocycles. The van der Waals surface area contributed by atoms with E-state index in [0.29, 0.717) is 12.2 Å². The largest absolute Gasteiger partial charge is 0.489 e. The van der Waals surface area contributed by atoms with Gasteiger partial charge in [0.2, 0.25) is 0 Å². The first-order valence-corrected chi connectivity index (χ1v) is 7.44. The molecule has 1 atom stereocenters. The van der Waals surface area contributed by atoms with Crippen LogP contribution in [0, 0.1) is 5.82 Å². The quantitative estimate of drug-likeness (QED) is 0.859. The van der Waals surface area contributed by atoms with Crippen molar-refractivity contribution in [1.29, 1.82) is 0 Å². The molecule has 0 aromatic heterocycles. The second-order valence-corrected chi connectivity index (χ2v) is 5.77. The van der Waals surface area contributed by atoms with Crippen molar-refractivity contribution < 1.29 is 9.13 Å². The van der Waals surface area contributed by atoms with Gasteiger partial charge < -0.3 is 10.1 Å². The van der Waals surface area contributed by atoms with Gasteiger partial charge in [0.25, 0.3) is 0 Å². The molecule has 20 heavy (non-hydrogen) atoms. The van der Waals surface area contributed by atoms with E-state index in [1.165, 1.54) is 11.6 Å². The van der Waals surface area contributed by atoms with E-state index < -0.39 is 0 Å². The number of anilines is 1. The van der Waals surface area contributed by atoms with Crippen molar-refractivity contribution >= 4 is 21.6 Å². The molecule has 1 heterocycles. The number of ether oxygens (including phenoxy) is 1. The summed E-state index contributed by atoms with van der Waals surface area (Å²) >= 11 is 3.38. The fraction of sp³-hybridized carbons (Fsp3) is 0.250. The zero-order chi connectivity index (χ0) is 14.1. The van der Waals surface area contributed by atoms with E-state index in [4.69, 9.17) is 4.74 Å². The standard InChI is InChI=1S/C16H15BrFNO/c1-2-10-3-6-16-14(7-10)19-15(9-20-16)12-8-11(17)4-5-13(12)18/h3-8,15,19H,2,9H2,1H3. The maximum Gasteiger partial charge on any atom is 0.142 e. The smallest absolute Gasteiger partial charge is 0.142 e. The van der Waals surface area contributed by atoms with Crippen molar-refractivity contribution in [2.75, 3.05) is 11.9 Å². The topological polar surface area (TPSA) is 21.3 Å². The number of hydrogen-bond donors (Lipinski definition) is 1. The third kappa shape index (κ3) is 2.52. The monoisotopic (exact) mass is 335 g/mol. The molecule has 2 aromatic rings. The van der Waals surface area contributed by atoms with Crippen LogP contribution in [0.2, 0.25) is 0 Å². The Morgan fingerprint density at radius 1 is 1.30 bits per heavy atom. The molecule has 0 saturated carbocycles. The highest BCUT2D eigenvalue weighted by atomic mass is 79.9. The number of rotatable bonds is 2. The van der Waals surface area contributed by atoms with Crippen molar-refractivity contribution in [3.8, 4) is 5.75 Å². The molecule has 0 amide bonds. The van der Waals surface area contributed by atoms with E-state index in [-0.39, 0.29) is 11.9 Å². The van der Waals surface area contributed by atoms with Crippen LogP contribution in [-0.4, -0.2) is 6.61 Å². The van der Waals surface area contributed by atoms with Crippen LogP contribution in [0.3, 0.4) is 0 Å². The fourth-order valence-electron chi connectivity index (χ4n) is 2.39. The van der Waals surface area contributed by atoms with Crippen LogP contribution in [0.4, 0.5) is 10.1 Å². The van der Waals surface area contributed by atoms with Gasteiger partial charge in [-0.1, -0.05) is 28.9 Å². The Labute approximate surface area is 126 Å². The molecular formula is C16H15BrFNO. The van der Waals surface area contributed by atoms with Crippen LogP contribution in [0.1, 0.15) is 24.1 Å². The van der Waals surface area contributed by atoms with Gasteiger partial charge in [0, 0.05) is 10.0 Å². The summed E-state index contributed by atoms with van der Waals surface area (Å²) in [5.74, 6) is 0.609. The predicted molar refractivity (Wildman–Crippen MR) is 81.8 cm³/mol. The van der Waals surface area contributed by atoms with Crippen molar-refractivity contribution in [2.45, 2.75) is 19.4 Å². The van der Waals surface area contributed by atoms with Gasteiger partial charge in [-0.05, 0) is 42.3 Å². The molecule has 1 aliphatic rings. The average molecular weight is 336 g/mol. The second-order valence-electron chi connectivity index (χ2n) is 4.86. The van der Waals surface area contributed by atoms with E-state index >= 15 is 0 Å². The first-order chi connectivity index (χ1) is 9.67. The van der Waals surface area contributed by atoms with Gasteiger partial charge in [-0.15, -0.1) is 0 Å². The number of nitrogens with one attached hydrogen (secondary N) is 1. The lowest BCUT2D eigenvalue weighted by molar-refractivity contribution is 0.283. The first kappa shape index (κ1) is 13.4. The lowest BCUT2D eigenvalue weighted by Gasteiger charge is -2.28. The highest BCUT2D eigenvalue weighted by Crippen LogP contribution is 2.35. The van der Waals surface area contributed by atoms with E-state index in [1.54, 1.807) is 12.1 Å². The number of hydrogen-bond acceptors (Lipinski definition) is 2. The molecule has 3 rings (SSSR count). The number of aryl methyl sites for hydroxylation is 1. The highest BCUT2D eigenvalue weighted by Gasteiger charge is 2.23. The normalized spacial score (nSPS) is 17.1. The summed E-state index contributed by atoms with van der Waals surface area (Å²) in [5.41, 5.74) is 2.78. The van der Waals surface area contributed by atoms with Gasteiger partial charge in [-0.2, -0.15) is 0 Å². The number of fused-ring (bicyclic) bond motifs is 1. The first-order valence-electron chi connectivity index (χ1n) is 6.64. The third-order valence-corrected chi connectivity index (χ3v) is 4.01. The van der Waals surface area contributed by atoms with Gasteiger partial charge >= 0.3 is 0 Å². The summed E-state index contributed by atoms with van der Waals surface area (Å²) in [6.07, 6.45) is 0.963. The summed E-state index contributed by atoms with van der Waals surface area (Å²) in [6, 6.07) is 10.9. The Hall–Kier alpha value is -1.55. The lowest BCUT2D eigenvalue weighted by Crippen LogP contribution is -2.24. The predicted octanol–water partition coefficient (Wildman–Crippen LogP) is 4.70. The van der Waals surface area contributed by atoms with Crippen LogP contribution in [-0.2, 0) is 6.42 Å². The summed E-state index contributed by atoms with van der Waals surface area (Å²) in [5, 5.41) is 3.37. The van der Waals surface area contributed by atoms with Crippen LogP contribution >= 0.6 is 15.9 Å². The Kier molecular flexibility index (Phi) is 3.66. The number of halogens is 2. The lowest BCUT2D eigenvalue weighted by atomic mass is 10.0. The Morgan fingerprint density at radius 3 is 2.95 bits per heavy atom. The molecule has 0 saturated heterocycles. The summed E-state index contributed by atoms with van der Waals surface area (Å²) < 4.78 is 20.6. The molecular weight excluding hydrogens is 321 g/mol. The third-order valence-electron chi connectivity index (χ3n) is 3.52. The van der Waals surface area contributed by atoms with Gasteiger partial charge in [0.05, 0.1) is 11.7 Å². The average Bonchev–Trinajstić information content (AvgIpc) is 2.48. The molecule has 2 aromatic carbocycles. The van der Waals surface area contributed by atoms with E-state index in [2.05, 4.69) is 40.3 Å². The van der Waals surface area contributed by atoms with Gasteiger partial charge in [-0.25, -0.2) is 4.39 Å². The van der Waals surface area contributed by atoms with Crippen molar-refractivity contribution in [2.24, 2.45) is 0 Å². The number of benzene rings is 2. The van der Waals surface area contributed by atoms with Crippen LogP contribution < -0.4 is 10.1 Å². The summed E-state index contributed by atoms with van der Waals surface area (Å²) in [7, 11) is 0. The van der Waals surface area contributed by atoms with Crippen molar-refractivity contribution in [3.63, 3.8) is 0 Å². The van der Waals surface area contributed by atoms with Crippen molar-refractivity contribution in [3.05, 3.63) is 57.8 Å². The molecule has 0 fully saturated rings. The van der Waals surface area contributed by atoms with E-state index in [9.17, 15) is 4.39 Å². The molecule has 0 radical (unpaired) electrons. The van der Waals surface area contributed by atoms with Gasteiger partial charge in [-0.3, -0.25) is 0 Å². The zero-order valence-electron chi connectivity index (χ0n) is 11.1. The van der Waals surface area contributed by atoms with Crippen molar-refractivity contribution in [1.82, 2.24) is 0 Å². The summed E-state index contributed by atoms with van der Waals surface area (Å²) in [6.45, 7) is 2.53. The molecule has 0 spiro atoms. The Bertz CT molecular complexity index is 644. The molecule has 0 bridgehead atoms. The minimum Gasteiger partial charge on any atom is -0.489 e. The summed E-state index contributed by atoms with van der Waals surface area (Å²) in [4.78, 5) is 0. The molecule has 1 N–H and O–H groups in total. The second kappa shape index (κ2) is 5.44. The highest BCUT2D eigenvalue weighted by molar-refractivity contribution is 9.10. The van der Waals surface area contributed by atoms with Gasteiger partial charge in [0.1, 0.15) is 18.2 Å². The molecule has 1 aliphatic heterocycles. The molecule has 1 unspecified atom stereocenters. The van der Waals surface area contributed by atoms with Gasteiger partial charge in [0.15, 0.2) is 0 Å². The maximum absolute atomic E-state index is 14.0. The Balaban J connectivity index is 1.93. The van der Waals surface area contributed by atoms with E-state index in [1.807, 2.05) is 6.07 Å². The minimum absolute atomic E-state index is 0.174. The maximum atomic E-state index is 14.0. The van der Waals surface area contributed by atoms with Crippen LogP contribution in [0.25, 0.3) is 0 Å². The molecule has 104 valence electrons. The fourth-order valence-corrected chi connectivity index (χ4v) is 2.77. The Morgan fingerprint density at radius 2 is 2.15 bits per heavy atom. The van der Waals surface area contributed by atoms with Crippen LogP contribution in [0.5, 0.6) is 5.75 Å². The van der Waals surface area contributed by atoms with Crippen LogP contribution in [0.15, 0.2) is 40.9 Å². The SMILES string of the molecule is CCc1ccc2c(c1)NC(c1cc(Br)ccc1F)CO2.